The van der Waals surface area contributed by atoms with E-state index in [9.17, 15) is 0 Å². The van der Waals surface area contributed by atoms with Gasteiger partial charge in [0.25, 0.3) is 0 Å². The van der Waals surface area contributed by atoms with Crippen LogP contribution in [0.5, 0.6) is 0 Å². The van der Waals surface area contributed by atoms with Gasteiger partial charge in [0.1, 0.15) is 0 Å². The number of rotatable bonds is 4. The number of hydrogen-bond donors (Lipinski definition) is 1. The quantitative estimate of drug-likeness (QED) is 0.814. The highest BCUT2D eigenvalue weighted by atomic mass is 15.1. The molecule has 2 rings (SSSR count). The van der Waals surface area contributed by atoms with E-state index in [0.29, 0.717) is 5.41 Å². The van der Waals surface area contributed by atoms with Crippen LogP contribution in [0.2, 0.25) is 0 Å². The van der Waals surface area contributed by atoms with Crippen LogP contribution in [0.3, 0.4) is 0 Å². The van der Waals surface area contributed by atoms with E-state index in [2.05, 4.69) is 43.1 Å². The summed E-state index contributed by atoms with van der Waals surface area (Å²) in [5.74, 6) is 0. The van der Waals surface area contributed by atoms with E-state index < -0.39 is 0 Å². The monoisotopic (exact) mass is 204 g/mol. The summed E-state index contributed by atoms with van der Waals surface area (Å²) >= 11 is 0. The zero-order chi connectivity index (χ0) is 10.9. The standard InChI is InChI=1S/C13H20N2/c1-11-5-3-4-6-12(11)15(2)10-13(9-14)7-8-13/h3-6H,7-10,14H2,1-2H3. The van der Waals surface area contributed by atoms with Crippen LogP contribution in [0, 0.1) is 12.3 Å². The zero-order valence-corrected chi connectivity index (χ0v) is 9.66. The van der Waals surface area contributed by atoms with Gasteiger partial charge in [-0.3, -0.25) is 0 Å². The van der Waals surface area contributed by atoms with E-state index in [1.54, 1.807) is 0 Å². The summed E-state index contributed by atoms with van der Waals surface area (Å²) in [5.41, 5.74) is 8.89. The fraction of sp³-hybridized carbons (Fsp3) is 0.538. The second kappa shape index (κ2) is 3.86. The fourth-order valence-corrected chi connectivity index (χ4v) is 2.18. The maximum atomic E-state index is 5.81. The summed E-state index contributed by atoms with van der Waals surface area (Å²) in [6.07, 6.45) is 2.58. The summed E-state index contributed by atoms with van der Waals surface area (Å²) in [6, 6.07) is 8.53. The molecule has 1 aromatic rings. The lowest BCUT2D eigenvalue weighted by atomic mass is 10.1. The molecule has 0 saturated heterocycles. The van der Waals surface area contributed by atoms with Gasteiger partial charge in [0.2, 0.25) is 0 Å². The molecule has 0 bridgehead atoms. The Morgan fingerprint density at radius 3 is 2.53 bits per heavy atom. The summed E-state index contributed by atoms with van der Waals surface area (Å²) in [6.45, 7) is 4.07. The number of benzene rings is 1. The van der Waals surface area contributed by atoms with Crippen LogP contribution in [0.4, 0.5) is 5.69 Å². The van der Waals surface area contributed by atoms with E-state index in [1.165, 1.54) is 24.1 Å². The predicted molar refractivity (Wildman–Crippen MR) is 65.2 cm³/mol. The lowest BCUT2D eigenvalue weighted by Crippen LogP contribution is -2.31. The van der Waals surface area contributed by atoms with Crippen LogP contribution in [0.1, 0.15) is 18.4 Å². The topological polar surface area (TPSA) is 29.3 Å². The molecule has 0 heterocycles. The van der Waals surface area contributed by atoms with Gasteiger partial charge in [-0.2, -0.15) is 0 Å². The molecule has 0 unspecified atom stereocenters. The molecular formula is C13H20N2. The minimum atomic E-state index is 0.414. The predicted octanol–water partition coefficient (Wildman–Crippen LogP) is 2.17. The molecule has 2 N–H and O–H groups in total. The van der Waals surface area contributed by atoms with Crippen molar-refractivity contribution in [3.63, 3.8) is 0 Å². The Balaban J connectivity index is 2.08. The first kappa shape index (κ1) is 10.5. The molecule has 2 nitrogen and oxygen atoms in total. The van der Waals surface area contributed by atoms with Crippen LogP contribution in [0.25, 0.3) is 0 Å². The highest BCUT2D eigenvalue weighted by Gasteiger charge is 2.42. The van der Waals surface area contributed by atoms with Crippen molar-refractivity contribution in [2.45, 2.75) is 19.8 Å². The summed E-state index contributed by atoms with van der Waals surface area (Å²) in [4.78, 5) is 2.34. The third-order valence-corrected chi connectivity index (χ3v) is 3.49. The molecule has 1 aliphatic carbocycles. The molecule has 15 heavy (non-hydrogen) atoms. The SMILES string of the molecule is Cc1ccccc1N(C)CC1(CN)CC1. The summed E-state index contributed by atoms with van der Waals surface area (Å²) in [5, 5.41) is 0. The smallest absolute Gasteiger partial charge is 0.0393 e. The number of anilines is 1. The Hall–Kier alpha value is -1.02. The molecule has 0 spiro atoms. The zero-order valence-electron chi connectivity index (χ0n) is 9.66. The van der Waals surface area contributed by atoms with Crippen molar-refractivity contribution in [3.8, 4) is 0 Å². The van der Waals surface area contributed by atoms with Crippen LogP contribution in [-0.4, -0.2) is 20.1 Å². The molecule has 0 aliphatic heterocycles. The van der Waals surface area contributed by atoms with Gasteiger partial charge in [-0.1, -0.05) is 18.2 Å². The van der Waals surface area contributed by atoms with E-state index >= 15 is 0 Å². The summed E-state index contributed by atoms with van der Waals surface area (Å²) < 4.78 is 0. The molecule has 0 amide bonds. The second-order valence-electron chi connectivity index (χ2n) is 4.85. The third kappa shape index (κ3) is 2.15. The van der Waals surface area contributed by atoms with Crippen LogP contribution >= 0.6 is 0 Å². The Morgan fingerprint density at radius 1 is 1.33 bits per heavy atom. The fourth-order valence-electron chi connectivity index (χ4n) is 2.18. The number of hydrogen-bond acceptors (Lipinski definition) is 2. The first-order valence-corrected chi connectivity index (χ1v) is 5.64. The molecule has 1 saturated carbocycles. The van der Waals surface area contributed by atoms with E-state index in [0.717, 1.165) is 13.1 Å². The van der Waals surface area contributed by atoms with E-state index in [1.807, 2.05) is 0 Å². The van der Waals surface area contributed by atoms with Gasteiger partial charge in [0, 0.05) is 24.7 Å². The van der Waals surface area contributed by atoms with Crippen LogP contribution in [0.15, 0.2) is 24.3 Å². The number of nitrogens with two attached hydrogens (primary N) is 1. The van der Waals surface area contributed by atoms with Crippen molar-refractivity contribution in [2.24, 2.45) is 11.1 Å². The minimum absolute atomic E-state index is 0.414. The number of aryl methyl sites for hydroxylation is 1. The minimum Gasteiger partial charge on any atom is -0.374 e. The van der Waals surface area contributed by atoms with E-state index in [-0.39, 0.29) is 0 Å². The van der Waals surface area contributed by atoms with Crippen molar-refractivity contribution in [3.05, 3.63) is 29.8 Å². The van der Waals surface area contributed by atoms with Gasteiger partial charge in [-0.05, 0) is 37.9 Å². The first-order valence-electron chi connectivity index (χ1n) is 5.64. The van der Waals surface area contributed by atoms with Gasteiger partial charge < -0.3 is 10.6 Å². The van der Waals surface area contributed by atoms with Crippen LogP contribution in [-0.2, 0) is 0 Å². The Bertz CT molecular complexity index is 342. The normalized spacial score (nSPS) is 17.5. The maximum absolute atomic E-state index is 5.81. The van der Waals surface area contributed by atoms with Crippen molar-refractivity contribution in [2.75, 3.05) is 25.0 Å². The van der Waals surface area contributed by atoms with Gasteiger partial charge in [0.05, 0.1) is 0 Å². The molecule has 1 fully saturated rings. The van der Waals surface area contributed by atoms with Crippen molar-refractivity contribution in [1.29, 1.82) is 0 Å². The Morgan fingerprint density at radius 2 is 2.00 bits per heavy atom. The molecule has 1 aromatic carbocycles. The maximum Gasteiger partial charge on any atom is 0.0393 e. The third-order valence-electron chi connectivity index (χ3n) is 3.49. The molecule has 0 atom stereocenters. The number of nitrogens with zero attached hydrogens (tertiary/aromatic N) is 1. The summed E-state index contributed by atoms with van der Waals surface area (Å²) in [7, 11) is 2.16. The Labute approximate surface area is 92.1 Å². The van der Waals surface area contributed by atoms with Gasteiger partial charge in [-0.25, -0.2) is 0 Å². The largest absolute Gasteiger partial charge is 0.374 e. The second-order valence-corrected chi connectivity index (χ2v) is 4.85. The van der Waals surface area contributed by atoms with E-state index in [4.69, 9.17) is 5.73 Å². The average molecular weight is 204 g/mol. The highest BCUT2D eigenvalue weighted by molar-refractivity contribution is 5.52. The number of para-hydroxylation sites is 1. The van der Waals surface area contributed by atoms with Crippen molar-refractivity contribution in [1.82, 2.24) is 0 Å². The molecule has 2 heteroatoms. The van der Waals surface area contributed by atoms with Crippen LogP contribution < -0.4 is 10.6 Å². The molecule has 0 radical (unpaired) electrons. The highest BCUT2D eigenvalue weighted by Crippen LogP contribution is 2.45. The molecule has 82 valence electrons. The molecule has 0 aromatic heterocycles. The van der Waals surface area contributed by atoms with Gasteiger partial charge >= 0.3 is 0 Å². The molecular weight excluding hydrogens is 184 g/mol. The lowest BCUT2D eigenvalue weighted by Gasteiger charge is -2.26. The van der Waals surface area contributed by atoms with Crippen molar-refractivity contribution >= 4 is 5.69 Å². The Kier molecular flexibility index (Phi) is 2.70. The lowest BCUT2D eigenvalue weighted by molar-refractivity contribution is 0.523. The van der Waals surface area contributed by atoms with Gasteiger partial charge in [-0.15, -0.1) is 0 Å². The van der Waals surface area contributed by atoms with Crippen molar-refractivity contribution < 1.29 is 0 Å². The van der Waals surface area contributed by atoms with Gasteiger partial charge in [0.15, 0.2) is 0 Å². The molecule has 1 aliphatic rings. The first-order chi connectivity index (χ1) is 7.17. The average Bonchev–Trinajstić information content (AvgIpc) is 2.99.